The van der Waals surface area contributed by atoms with Crippen LogP contribution in [0.25, 0.3) is 11.0 Å². The van der Waals surface area contributed by atoms with Gasteiger partial charge in [0.15, 0.2) is 0 Å². The summed E-state index contributed by atoms with van der Waals surface area (Å²) in [5, 5.41) is 3.92. The number of hydrogen-bond donors (Lipinski definition) is 1. The number of furan rings is 1. The minimum atomic E-state index is -0.278. The van der Waals surface area contributed by atoms with E-state index in [1.807, 2.05) is 61.5 Å². The number of para-hydroxylation sites is 2. The third kappa shape index (κ3) is 3.20. The molecule has 3 aromatic rings. The Labute approximate surface area is 155 Å². The normalized spacial score (nSPS) is 15.0. The molecule has 1 atom stereocenters. The number of thioether (sulfide) groups is 1. The van der Waals surface area contributed by atoms with Crippen LogP contribution in [0.3, 0.4) is 0 Å². The maximum absolute atomic E-state index is 12.5. The maximum Gasteiger partial charge on any atom is 0.240 e. The summed E-state index contributed by atoms with van der Waals surface area (Å²) in [4.78, 5) is 27.4. The summed E-state index contributed by atoms with van der Waals surface area (Å²) in [6.45, 7) is 1.87. The lowest BCUT2D eigenvalue weighted by atomic mass is 10.2. The Hall–Kier alpha value is -2.73. The van der Waals surface area contributed by atoms with Gasteiger partial charge in [0, 0.05) is 10.3 Å². The molecule has 2 aromatic carbocycles. The van der Waals surface area contributed by atoms with Gasteiger partial charge in [-0.1, -0.05) is 30.3 Å². The van der Waals surface area contributed by atoms with E-state index in [1.54, 1.807) is 4.90 Å². The molecule has 0 spiro atoms. The van der Waals surface area contributed by atoms with E-state index in [9.17, 15) is 9.59 Å². The van der Waals surface area contributed by atoms with Crippen molar-refractivity contribution in [1.29, 1.82) is 0 Å². The fourth-order valence-corrected chi connectivity index (χ4v) is 3.98. The summed E-state index contributed by atoms with van der Waals surface area (Å²) in [5.41, 5.74) is 1.58. The van der Waals surface area contributed by atoms with E-state index in [2.05, 4.69) is 5.32 Å². The number of carbonyl (C=O) groups excluding carboxylic acids is 2. The first-order valence-corrected chi connectivity index (χ1v) is 9.40. The lowest BCUT2D eigenvalue weighted by molar-refractivity contribution is -0.123. The zero-order valence-corrected chi connectivity index (χ0v) is 15.1. The van der Waals surface area contributed by atoms with Crippen LogP contribution < -0.4 is 10.2 Å². The van der Waals surface area contributed by atoms with Crippen LogP contribution in [0.15, 0.2) is 63.9 Å². The van der Waals surface area contributed by atoms with E-state index < -0.39 is 0 Å². The van der Waals surface area contributed by atoms with Gasteiger partial charge in [0.25, 0.3) is 0 Å². The Morgan fingerprint density at radius 2 is 2.00 bits per heavy atom. The monoisotopic (exact) mass is 366 g/mol. The van der Waals surface area contributed by atoms with Gasteiger partial charge >= 0.3 is 0 Å². The average Bonchev–Trinajstić information content (AvgIpc) is 3.08. The quantitative estimate of drug-likeness (QED) is 0.764. The third-order valence-corrected chi connectivity index (χ3v) is 5.41. The molecule has 26 heavy (non-hydrogen) atoms. The van der Waals surface area contributed by atoms with Gasteiger partial charge in [0.2, 0.25) is 11.8 Å². The van der Waals surface area contributed by atoms with E-state index in [0.717, 1.165) is 21.6 Å². The minimum Gasteiger partial charge on any atom is -0.459 e. The lowest BCUT2D eigenvalue weighted by Crippen LogP contribution is -2.43. The highest BCUT2D eigenvalue weighted by atomic mass is 32.2. The molecule has 2 heterocycles. The van der Waals surface area contributed by atoms with Crippen LogP contribution in [0.2, 0.25) is 0 Å². The summed E-state index contributed by atoms with van der Waals surface area (Å²) in [7, 11) is 0. The summed E-state index contributed by atoms with van der Waals surface area (Å²) in [6, 6.07) is 17.0. The highest BCUT2D eigenvalue weighted by Crippen LogP contribution is 2.34. The molecule has 1 aliphatic heterocycles. The average molecular weight is 366 g/mol. The number of carbonyl (C=O) groups is 2. The van der Waals surface area contributed by atoms with Gasteiger partial charge in [-0.05, 0) is 31.2 Å². The van der Waals surface area contributed by atoms with Gasteiger partial charge in [-0.15, -0.1) is 11.8 Å². The van der Waals surface area contributed by atoms with Crippen LogP contribution in [-0.2, 0) is 9.59 Å². The van der Waals surface area contributed by atoms with Crippen molar-refractivity contribution in [3.05, 3.63) is 60.4 Å². The fraction of sp³-hybridized carbons (Fsp3) is 0.200. The van der Waals surface area contributed by atoms with Crippen LogP contribution in [0, 0.1) is 0 Å². The summed E-state index contributed by atoms with van der Waals surface area (Å²) >= 11 is 1.50. The van der Waals surface area contributed by atoms with Crippen molar-refractivity contribution in [2.45, 2.75) is 17.9 Å². The van der Waals surface area contributed by atoms with Crippen molar-refractivity contribution in [1.82, 2.24) is 5.32 Å². The second-order valence-electron chi connectivity index (χ2n) is 6.21. The van der Waals surface area contributed by atoms with E-state index >= 15 is 0 Å². The topological polar surface area (TPSA) is 62.6 Å². The number of hydrogen-bond acceptors (Lipinski definition) is 4. The predicted octanol–water partition coefficient (Wildman–Crippen LogP) is 3.75. The van der Waals surface area contributed by atoms with Crippen LogP contribution >= 0.6 is 11.8 Å². The smallest absolute Gasteiger partial charge is 0.240 e. The maximum atomic E-state index is 12.5. The number of nitrogens with zero attached hydrogens (tertiary/aromatic N) is 1. The van der Waals surface area contributed by atoms with Crippen molar-refractivity contribution in [3.8, 4) is 0 Å². The van der Waals surface area contributed by atoms with Crippen molar-refractivity contribution < 1.29 is 14.0 Å². The second-order valence-corrected chi connectivity index (χ2v) is 7.23. The highest BCUT2D eigenvalue weighted by Gasteiger charge is 2.27. The molecule has 0 fully saturated rings. The molecule has 1 aromatic heterocycles. The largest absolute Gasteiger partial charge is 0.459 e. The van der Waals surface area contributed by atoms with Gasteiger partial charge in [-0.3, -0.25) is 9.59 Å². The Bertz CT molecular complexity index is 949. The molecule has 0 saturated carbocycles. The number of benzene rings is 2. The van der Waals surface area contributed by atoms with Crippen LogP contribution in [0.4, 0.5) is 5.69 Å². The molecule has 5 nitrogen and oxygen atoms in total. The molecule has 1 aliphatic rings. The zero-order chi connectivity index (χ0) is 18.1. The van der Waals surface area contributed by atoms with Crippen LogP contribution in [0.5, 0.6) is 0 Å². The molecule has 0 radical (unpaired) electrons. The molecule has 1 N–H and O–H groups in total. The highest BCUT2D eigenvalue weighted by molar-refractivity contribution is 8.00. The summed E-state index contributed by atoms with van der Waals surface area (Å²) < 4.78 is 5.80. The van der Waals surface area contributed by atoms with E-state index in [0.29, 0.717) is 11.5 Å². The SMILES string of the molecule is CC(NC(=O)CN1C(=O)CSc2ccccc21)c1cc2ccccc2o1. The molecule has 0 bridgehead atoms. The molecule has 4 rings (SSSR count). The van der Waals surface area contributed by atoms with Gasteiger partial charge < -0.3 is 14.6 Å². The molecular weight excluding hydrogens is 348 g/mol. The number of nitrogens with one attached hydrogen (secondary N) is 1. The molecule has 132 valence electrons. The molecule has 0 aliphatic carbocycles. The Morgan fingerprint density at radius 3 is 2.85 bits per heavy atom. The van der Waals surface area contributed by atoms with Gasteiger partial charge in [-0.25, -0.2) is 0 Å². The summed E-state index contributed by atoms with van der Waals surface area (Å²) in [5.74, 6) is 0.775. The van der Waals surface area contributed by atoms with E-state index in [1.165, 1.54) is 11.8 Å². The Balaban J connectivity index is 1.47. The molecule has 6 heteroatoms. The number of rotatable bonds is 4. The van der Waals surface area contributed by atoms with Crippen LogP contribution in [-0.4, -0.2) is 24.1 Å². The Kier molecular flexibility index (Phi) is 4.42. The van der Waals surface area contributed by atoms with E-state index in [-0.39, 0.29) is 24.4 Å². The van der Waals surface area contributed by atoms with Gasteiger partial charge in [-0.2, -0.15) is 0 Å². The van der Waals surface area contributed by atoms with E-state index in [4.69, 9.17) is 4.42 Å². The number of anilines is 1. The zero-order valence-electron chi connectivity index (χ0n) is 14.3. The van der Waals surface area contributed by atoms with Crippen molar-refractivity contribution in [2.24, 2.45) is 0 Å². The lowest BCUT2D eigenvalue weighted by Gasteiger charge is -2.28. The number of fused-ring (bicyclic) bond motifs is 2. The molecular formula is C20H18N2O3S. The Morgan fingerprint density at radius 1 is 1.23 bits per heavy atom. The van der Waals surface area contributed by atoms with Crippen molar-refractivity contribution >= 4 is 40.2 Å². The minimum absolute atomic E-state index is 0.000967. The first-order chi connectivity index (χ1) is 12.6. The molecule has 2 amide bonds. The van der Waals surface area contributed by atoms with Gasteiger partial charge in [0.05, 0.1) is 17.5 Å². The third-order valence-electron chi connectivity index (χ3n) is 4.36. The van der Waals surface area contributed by atoms with Crippen molar-refractivity contribution in [3.63, 3.8) is 0 Å². The number of amides is 2. The first-order valence-electron chi connectivity index (χ1n) is 8.42. The van der Waals surface area contributed by atoms with Crippen molar-refractivity contribution in [2.75, 3.05) is 17.2 Å². The molecule has 0 saturated heterocycles. The van der Waals surface area contributed by atoms with Crippen LogP contribution in [0.1, 0.15) is 18.7 Å². The molecule has 1 unspecified atom stereocenters. The second kappa shape index (κ2) is 6.88. The predicted molar refractivity (Wildman–Crippen MR) is 102 cm³/mol. The fourth-order valence-electron chi connectivity index (χ4n) is 3.04. The van der Waals surface area contributed by atoms with Gasteiger partial charge in [0.1, 0.15) is 17.9 Å². The first kappa shape index (κ1) is 16.7. The summed E-state index contributed by atoms with van der Waals surface area (Å²) in [6.07, 6.45) is 0. The standard InChI is InChI=1S/C20H18N2O3S/c1-13(17-10-14-6-2-4-8-16(14)25-17)21-19(23)11-22-15-7-3-5-9-18(15)26-12-20(22)24/h2-10,13H,11-12H2,1H3,(H,21,23).